The van der Waals surface area contributed by atoms with Gasteiger partial charge in [0.05, 0.1) is 6.54 Å². The van der Waals surface area contributed by atoms with E-state index >= 15 is 0 Å². The molecular formula is C9H10Cl3NO. The fourth-order valence-electron chi connectivity index (χ4n) is 0.729. The van der Waals surface area contributed by atoms with Gasteiger partial charge in [0.1, 0.15) is 0 Å². The Hall–Kier alpha value is -0.360. The van der Waals surface area contributed by atoms with E-state index in [0.29, 0.717) is 6.54 Å². The Balaban J connectivity index is 4.53. The molecule has 0 aromatic rings. The van der Waals surface area contributed by atoms with Crippen molar-refractivity contribution in [2.45, 2.75) is 10.7 Å². The number of carbonyl (C=O) groups is 1. The van der Waals surface area contributed by atoms with Crippen LogP contribution in [-0.2, 0) is 4.79 Å². The van der Waals surface area contributed by atoms with E-state index in [-0.39, 0.29) is 6.54 Å². The molecule has 0 heterocycles. The lowest BCUT2D eigenvalue weighted by molar-refractivity contribution is -0.129. The summed E-state index contributed by atoms with van der Waals surface area (Å²) >= 11 is 16.4. The molecule has 0 aliphatic rings. The van der Waals surface area contributed by atoms with Crippen molar-refractivity contribution in [1.29, 1.82) is 0 Å². The normalized spacial score (nSPS) is 10.0. The topological polar surface area (TPSA) is 20.3 Å². The van der Waals surface area contributed by atoms with Crippen molar-refractivity contribution in [3.8, 4) is 11.8 Å². The monoisotopic (exact) mass is 253 g/mol. The lowest BCUT2D eigenvalue weighted by Crippen LogP contribution is -2.39. The van der Waals surface area contributed by atoms with Crippen molar-refractivity contribution in [3.05, 3.63) is 12.7 Å². The van der Waals surface area contributed by atoms with Crippen molar-refractivity contribution < 1.29 is 4.79 Å². The molecule has 0 aromatic heterocycles. The highest BCUT2D eigenvalue weighted by Crippen LogP contribution is 2.28. The number of amides is 1. The SMILES string of the molecule is C=CCN(CC#CC)C(=O)C(Cl)(Cl)Cl. The highest BCUT2D eigenvalue weighted by Gasteiger charge is 2.34. The number of hydrogen-bond acceptors (Lipinski definition) is 1. The van der Waals surface area contributed by atoms with E-state index < -0.39 is 9.70 Å². The average Bonchev–Trinajstić information content (AvgIpc) is 2.09. The molecule has 0 N–H and O–H groups in total. The smallest absolute Gasteiger partial charge is 0.275 e. The molecule has 0 rings (SSSR count). The first-order valence-electron chi connectivity index (χ1n) is 3.80. The van der Waals surface area contributed by atoms with Crippen LogP contribution >= 0.6 is 34.8 Å². The summed E-state index contributed by atoms with van der Waals surface area (Å²) in [5.41, 5.74) is 0. The molecule has 0 spiro atoms. The maximum absolute atomic E-state index is 11.5. The van der Waals surface area contributed by atoms with Crippen LogP contribution in [0.5, 0.6) is 0 Å². The fourth-order valence-corrected chi connectivity index (χ4v) is 1.09. The third-order valence-electron chi connectivity index (χ3n) is 1.33. The van der Waals surface area contributed by atoms with Crippen molar-refractivity contribution in [2.24, 2.45) is 0 Å². The summed E-state index contributed by atoms with van der Waals surface area (Å²) < 4.78 is -1.93. The van der Waals surface area contributed by atoms with Crippen LogP contribution in [-0.4, -0.2) is 27.7 Å². The summed E-state index contributed by atoms with van der Waals surface area (Å²) in [6.07, 6.45) is 1.55. The zero-order chi connectivity index (χ0) is 11.2. The highest BCUT2D eigenvalue weighted by atomic mass is 35.6. The molecule has 78 valence electrons. The Morgan fingerprint density at radius 3 is 2.50 bits per heavy atom. The van der Waals surface area contributed by atoms with Crippen LogP contribution in [0, 0.1) is 11.8 Å². The number of carbonyl (C=O) groups excluding carboxylic acids is 1. The van der Waals surface area contributed by atoms with Crippen LogP contribution in [0.25, 0.3) is 0 Å². The van der Waals surface area contributed by atoms with E-state index in [4.69, 9.17) is 34.8 Å². The second kappa shape index (κ2) is 6.19. The van der Waals surface area contributed by atoms with Gasteiger partial charge in [0.15, 0.2) is 0 Å². The molecule has 1 amide bonds. The zero-order valence-corrected chi connectivity index (χ0v) is 9.96. The lowest BCUT2D eigenvalue weighted by Gasteiger charge is -2.22. The molecule has 14 heavy (non-hydrogen) atoms. The lowest BCUT2D eigenvalue weighted by atomic mass is 10.4. The van der Waals surface area contributed by atoms with Crippen LogP contribution in [0.3, 0.4) is 0 Å². The molecule has 0 aliphatic heterocycles. The van der Waals surface area contributed by atoms with Gasteiger partial charge in [-0.2, -0.15) is 0 Å². The second-order valence-electron chi connectivity index (χ2n) is 2.40. The molecule has 2 nitrogen and oxygen atoms in total. The number of halogens is 3. The Kier molecular flexibility index (Phi) is 6.03. The largest absolute Gasteiger partial charge is 0.324 e. The quantitative estimate of drug-likeness (QED) is 0.430. The third kappa shape index (κ3) is 4.76. The van der Waals surface area contributed by atoms with Gasteiger partial charge in [-0.05, 0) is 6.92 Å². The minimum Gasteiger partial charge on any atom is -0.324 e. The van der Waals surface area contributed by atoms with Gasteiger partial charge in [0.25, 0.3) is 9.70 Å². The van der Waals surface area contributed by atoms with Crippen molar-refractivity contribution in [3.63, 3.8) is 0 Å². The number of rotatable bonds is 3. The van der Waals surface area contributed by atoms with E-state index in [1.165, 1.54) is 4.90 Å². The maximum Gasteiger partial charge on any atom is 0.275 e. The maximum atomic E-state index is 11.5. The van der Waals surface area contributed by atoms with Gasteiger partial charge in [-0.1, -0.05) is 46.8 Å². The molecule has 0 saturated heterocycles. The van der Waals surface area contributed by atoms with Crippen LogP contribution < -0.4 is 0 Å². The first-order valence-corrected chi connectivity index (χ1v) is 4.93. The number of hydrogen-bond donors (Lipinski definition) is 0. The Labute approximate surface area is 98.8 Å². The van der Waals surface area contributed by atoms with E-state index in [9.17, 15) is 4.79 Å². The Morgan fingerprint density at radius 1 is 1.57 bits per heavy atom. The summed E-state index contributed by atoms with van der Waals surface area (Å²) in [7, 11) is 0. The minimum atomic E-state index is -1.93. The van der Waals surface area contributed by atoms with E-state index in [0.717, 1.165) is 0 Å². The Morgan fingerprint density at radius 2 is 2.14 bits per heavy atom. The molecule has 0 radical (unpaired) electrons. The van der Waals surface area contributed by atoms with Crippen LogP contribution in [0.15, 0.2) is 12.7 Å². The fraction of sp³-hybridized carbons (Fsp3) is 0.444. The predicted octanol–water partition coefficient (Wildman–Crippen LogP) is 2.39. The molecular weight excluding hydrogens is 244 g/mol. The van der Waals surface area contributed by atoms with Crippen LogP contribution in [0.1, 0.15) is 6.92 Å². The summed E-state index contributed by atoms with van der Waals surface area (Å²) in [6.45, 7) is 5.71. The minimum absolute atomic E-state index is 0.231. The molecule has 0 atom stereocenters. The van der Waals surface area contributed by atoms with Crippen molar-refractivity contribution in [1.82, 2.24) is 4.90 Å². The molecule has 0 unspecified atom stereocenters. The van der Waals surface area contributed by atoms with Crippen molar-refractivity contribution >= 4 is 40.7 Å². The van der Waals surface area contributed by atoms with Gasteiger partial charge in [-0.25, -0.2) is 0 Å². The zero-order valence-electron chi connectivity index (χ0n) is 7.69. The van der Waals surface area contributed by atoms with Crippen molar-refractivity contribution in [2.75, 3.05) is 13.1 Å². The predicted molar refractivity (Wildman–Crippen MR) is 60.5 cm³/mol. The summed E-state index contributed by atoms with van der Waals surface area (Å²) in [6, 6.07) is 0. The van der Waals surface area contributed by atoms with Gasteiger partial charge in [-0.15, -0.1) is 12.5 Å². The highest BCUT2D eigenvalue weighted by molar-refractivity contribution is 6.76. The standard InChI is InChI=1S/C9H10Cl3NO/c1-3-5-7-13(6-4-2)8(14)9(10,11)12/h4H,2,6-7H2,1H3. The van der Waals surface area contributed by atoms with Gasteiger partial charge < -0.3 is 4.90 Å². The molecule has 0 saturated carbocycles. The van der Waals surface area contributed by atoms with E-state index in [1.807, 2.05) is 0 Å². The molecule has 0 aromatic carbocycles. The Bertz CT molecular complexity index is 272. The summed E-state index contributed by atoms with van der Waals surface area (Å²) in [5, 5.41) is 0. The van der Waals surface area contributed by atoms with Crippen LogP contribution in [0.2, 0.25) is 0 Å². The number of nitrogens with zero attached hydrogens (tertiary/aromatic N) is 1. The van der Waals surface area contributed by atoms with Gasteiger partial charge in [0.2, 0.25) is 0 Å². The first-order chi connectivity index (χ1) is 6.43. The van der Waals surface area contributed by atoms with Gasteiger partial charge >= 0.3 is 0 Å². The van der Waals surface area contributed by atoms with Gasteiger partial charge in [0, 0.05) is 6.54 Å². The summed E-state index contributed by atoms with van der Waals surface area (Å²) in [4.78, 5) is 12.8. The van der Waals surface area contributed by atoms with E-state index in [1.54, 1.807) is 13.0 Å². The number of alkyl halides is 3. The second-order valence-corrected chi connectivity index (χ2v) is 4.68. The molecule has 0 aliphatic carbocycles. The molecule has 0 bridgehead atoms. The van der Waals surface area contributed by atoms with E-state index in [2.05, 4.69) is 18.4 Å². The molecule has 0 fully saturated rings. The first kappa shape index (κ1) is 13.6. The van der Waals surface area contributed by atoms with Crippen LogP contribution in [0.4, 0.5) is 0 Å². The molecule has 5 heteroatoms. The van der Waals surface area contributed by atoms with Gasteiger partial charge in [-0.3, -0.25) is 4.79 Å². The summed E-state index contributed by atoms with van der Waals surface area (Å²) in [5.74, 6) is 4.78. The average molecular weight is 255 g/mol. The third-order valence-corrected chi connectivity index (χ3v) is 1.81.